The Hall–Kier alpha value is -2.04. The number of rotatable bonds is 6. The van der Waals surface area contributed by atoms with E-state index in [2.05, 4.69) is 5.32 Å². The van der Waals surface area contributed by atoms with Crippen LogP contribution in [-0.4, -0.2) is 25.0 Å². The van der Waals surface area contributed by atoms with Gasteiger partial charge in [0.15, 0.2) is 0 Å². The fourth-order valence-corrected chi connectivity index (χ4v) is 3.91. The predicted octanol–water partition coefficient (Wildman–Crippen LogP) is 4.56. The summed E-state index contributed by atoms with van der Waals surface area (Å²) in [6.45, 7) is 1.90. The summed E-state index contributed by atoms with van der Waals surface area (Å²) in [5.41, 5.74) is 1.90. The van der Waals surface area contributed by atoms with E-state index in [0.29, 0.717) is 16.5 Å². The molecule has 0 heterocycles. The third kappa shape index (κ3) is 4.63. The lowest BCUT2D eigenvalue weighted by atomic mass is 9.93. The van der Waals surface area contributed by atoms with Crippen LogP contribution < -0.4 is 5.32 Å². The van der Waals surface area contributed by atoms with Crippen LogP contribution in [0.3, 0.4) is 0 Å². The zero-order valence-electron chi connectivity index (χ0n) is 15.1. The van der Waals surface area contributed by atoms with Crippen LogP contribution in [0.5, 0.6) is 0 Å². The average molecular weight is 406 g/mol. The number of hydrogen-bond donors (Lipinski definition) is 1. The van der Waals surface area contributed by atoms with Gasteiger partial charge in [-0.15, -0.1) is 0 Å². The number of benzene rings is 2. The van der Waals surface area contributed by atoms with Crippen LogP contribution in [0.4, 0.5) is 0 Å². The quantitative estimate of drug-likeness (QED) is 0.716. The van der Waals surface area contributed by atoms with Gasteiger partial charge in [0.05, 0.1) is 7.11 Å². The van der Waals surface area contributed by atoms with E-state index in [9.17, 15) is 9.59 Å². The second kappa shape index (κ2) is 8.32. The molecule has 1 aliphatic rings. The standard InChI is InChI=1S/C21H21Cl2NO3/c1-12(13-6-4-3-5-7-13)19(21(26)27-2)24-20(25)18-11-17(18)14-8-15(22)10-16(23)9-14/h3-10,12,17-19H,11H2,1-2H3,(H,24,25)/t12-,17-,18-,19-/m1/s1. The van der Waals surface area contributed by atoms with Gasteiger partial charge in [-0.2, -0.15) is 0 Å². The number of nitrogens with one attached hydrogen (secondary N) is 1. The molecule has 6 heteroatoms. The van der Waals surface area contributed by atoms with Gasteiger partial charge in [-0.3, -0.25) is 4.79 Å². The molecule has 3 rings (SSSR count). The number of ether oxygens (including phenoxy) is 1. The van der Waals surface area contributed by atoms with Gasteiger partial charge in [0, 0.05) is 21.9 Å². The van der Waals surface area contributed by atoms with E-state index >= 15 is 0 Å². The smallest absolute Gasteiger partial charge is 0.328 e. The second-order valence-electron chi connectivity index (χ2n) is 6.86. The highest BCUT2D eigenvalue weighted by Gasteiger charge is 2.45. The average Bonchev–Trinajstić information content (AvgIpc) is 3.46. The molecule has 4 atom stereocenters. The van der Waals surface area contributed by atoms with E-state index in [-0.39, 0.29) is 23.7 Å². The summed E-state index contributed by atoms with van der Waals surface area (Å²) < 4.78 is 4.91. The first-order valence-electron chi connectivity index (χ1n) is 8.80. The number of carbonyl (C=O) groups is 2. The highest BCUT2D eigenvalue weighted by molar-refractivity contribution is 6.34. The molecule has 2 aromatic carbocycles. The van der Waals surface area contributed by atoms with Crippen molar-refractivity contribution >= 4 is 35.1 Å². The largest absolute Gasteiger partial charge is 0.467 e. The molecule has 27 heavy (non-hydrogen) atoms. The van der Waals surface area contributed by atoms with Crippen LogP contribution in [0.25, 0.3) is 0 Å². The van der Waals surface area contributed by atoms with E-state index in [1.165, 1.54) is 7.11 Å². The Morgan fingerprint density at radius 1 is 1.11 bits per heavy atom. The Kier molecular flexibility index (Phi) is 6.08. The summed E-state index contributed by atoms with van der Waals surface area (Å²) in [5.74, 6) is -0.960. The Morgan fingerprint density at radius 3 is 2.33 bits per heavy atom. The molecule has 0 unspecified atom stereocenters. The fourth-order valence-electron chi connectivity index (χ4n) is 3.37. The van der Waals surface area contributed by atoms with Crippen molar-refractivity contribution < 1.29 is 14.3 Å². The van der Waals surface area contributed by atoms with Gasteiger partial charge >= 0.3 is 5.97 Å². The van der Waals surface area contributed by atoms with Gasteiger partial charge in [0.2, 0.25) is 5.91 Å². The summed E-state index contributed by atoms with van der Waals surface area (Å²) >= 11 is 12.1. The summed E-state index contributed by atoms with van der Waals surface area (Å²) in [6, 6.07) is 14.2. The SMILES string of the molecule is COC(=O)[C@H](NC(=O)[C@@H]1C[C@@H]1c1cc(Cl)cc(Cl)c1)[C@H](C)c1ccccc1. The molecule has 1 fully saturated rings. The normalized spacial score (nSPS) is 20.4. The zero-order chi connectivity index (χ0) is 19.6. The van der Waals surface area contributed by atoms with E-state index in [1.807, 2.05) is 49.4 Å². The maximum atomic E-state index is 12.7. The molecule has 142 valence electrons. The van der Waals surface area contributed by atoms with Crippen LogP contribution in [0.15, 0.2) is 48.5 Å². The molecular formula is C21H21Cl2NO3. The summed E-state index contributed by atoms with van der Waals surface area (Å²) in [5, 5.41) is 3.98. The highest BCUT2D eigenvalue weighted by atomic mass is 35.5. The number of carbonyl (C=O) groups excluding carboxylic acids is 2. The molecule has 0 radical (unpaired) electrons. The molecule has 4 nitrogen and oxygen atoms in total. The van der Waals surface area contributed by atoms with Gasteiger partial charge in [-0.1, -0.05) is 60.5 Å². The first kappa shape index (κ1) is 19.7. The third-order valence-electron chi connectivity index (χ3n) is 5.02. The summed E-state index contributed by atoms with van der Waals surface area (Å²) in [7, 11) is 1.33. The van der Waals surface area contributed by atoms with Gasteiger partial charge in [-0.05, 0) is 41.7 Å². The molecular weight excluding hydrogens is 385 g/mol. The van der Waals surface area contributed by atoms with Crippen LogP contribution in [0.1, 0.15) is 36.3 Å². The minimum Gasteiger partial charge on any atom is -0.467 e. The minimum atomic E-state index is -0.742. The number of hydrogen-bond acceptors (Lipinski definition) is 3. The maximum absolute atomic E-state index is 12.7. The second-order valence-corrected chi connectivity index (χ2v) is 7.73. The molecule has 0 saturated heterocycles. The topological polar surface area (TPSA) is 55.4 Å². The lowest BCUT2D eigenvalue weighted by molar-refractivity contribution is -0.145. The molecule has 1 aliphatic carbocycles. The van der Waals surface area contributed by atoms with E-state index < -0.39 is 12.0 Å². The van der Waals surface area contributed by atoms with Crippen LogP contribution in [0.2, 0.25) is 10.0 Å². The molecule has 1 N–H and O–H groups in total. The van der Waals surface area contributed by atoms with E-state index in [4.69, 9.17) is 27.9 Å². The van der Waals surface area contributed by atoms with Crippen molar-refractivity contribution in [3.63, 3.8) is 0 Å². The number of methoxy groups -OCH3 is 1. The molecule has 0 aromatic heterocycles. The van der Waals surface area contributed by atoms with Crippen molar-refractivity contribution in [1.82, 2.24) is 5.32 Å². The van der Waals surface area contributed by atoms with Gasteiger partial charge < -0.3 is 10.1 Å². The maximum Gasteiger partial charge on any atom is 0.328 e. The first-order valence-corrected chi connectivity index (χ1v) is 9.55. The van der Waals surface area contributed by atoms with Crippen LogP contribution in [0, 0.1) is 5.92 Å². The van der Waals surface area contributed by atoms with Gasteiger partial charge in [0.1, 0.15) is 6.04 Å². The molecule has 0 spiro atoms. The van der Waals surface area contributed by atoms with Crippen LogP contribution in [-0.2, 0) is 14.3 Å². The Labute approximate surface area is 168 Å². The van der Waals surface area contributed by atoms with Crippen molar-refractivity contribution in [2.75, 3.05) is 7.11 Å². The zero-order valence-corrected chi connectivity index (χ0v) is 16.6. The minimum absolute atomic E-state index is 0.0616. The van der Waals surface area contributed by atoms with Crippen molar-refractivity contribution in [1.29, 1.82) is 0 Å². The predicted molar refractivity (Wildman–Crippen MR) is 106 cm³/mol. The fraction of sp³-hybridized carbons (Fsp3) is 0.333. The van der Waals surface area contributed by atoms with E-state index in [0.717, 1.165) is 11.1 Å². The number of esters is 1. The number of amides is 1. The monoisotopic (exact) mass is 405 g/mol. The van der Waals surface area contributed by atoms with Crippen LogP contribution >= 0.6 is 23.2 Å². The van der Waals surface area contributed by atoms with Gasteiger partial charge in [-0.25, -0.2) is 4.79 Å². The lowest BCUT2D eigenvalue weighted by Gasteiger charge is -2.23. The lowest BCUT2D eigenvalue weighted by Crippen LogP contribution is -2.45. The van der Waals surface area contributed by atoms with E-state index in [1.54, 1.807) is 6.07 Å². The van der Waals surface area contributed by atoms with Crippen molar-refractivity contribution in [2.24, 2.45) is 5.92 Å². The Morgan fingerprint density at radius 2 is 1.74 bits per heavy atom. The summed E-state index contributed by atoms with van der Waals surface area (Å²) in [6.07, 6.45) is 0.704. The first-order chi connectivity index (χ1) is 12.9. The molecule has 1 amide bonds. The molecule has 0 aliphatic heterocycles. The molecule has 1 saturated carbocycles. The molecule has 2 aromatic rings. The Bertz CT molecular complexity index is 820. The Balaban J connectivity index is 1.71. The number of halogens is 2. The van der Waals surface area contributed by atoms with Crippen molar-refractivity contribution in [2.45, 2.75) is 31.2 Å². The highest BCUT2D eigenvalue weighted by Crippen LogP contribution is 2.48. The summed E-state index contributed by atoms with van der Waals surface area (Å²) in [4.78, 5) is 25.0. The van der Waals surface area contributed by atoms with Crippen molar-refractivity contribution in [3.05, 3.63) is 69.7 Å². The third-order valence-corrected chi connectivity index (χ3v) is 5.45. The molecule has 0 bridgehead atoms. The van der Waals surface area contributed by atoms with Crippen molar-refractivity contribution in [3.8, 4) is 0 Å². The van der Waals surface area contributed by atoms with Gasteiger partial charge in [0.25, 0.3) is 0 Å².